The minimum atomic E-state index is -3.31. The molecule has 0 saturated heterocycles. The lowest BCUT2D eigenvalue weighted by atomic mass is 10.1. The van der Waals surface area contributed by atoms with Gasteiger partial charge in [-0.2, -0.15) is 0 Å². The summed E-state index contributed by atoms with van der Waals surface area (Å²) < 4.78 is 22.4. The molecule has 1 unspecified atom stereocenters. The number of hydrogen-bond donors (Lipinski definition) is 1. The van der Waals surface area contributed by atoms with E-state index in [1.165, 1.54) is 18.2 Å². The zero-order valence-electron chi connectivity index (χ0n) is 9.95. The highest BCUT2D eigenvalue weighted by Crippen LogP contribution is 2.23. The van der Waals surface area contributed by atoms with Gasteiger partial charge in [-0.25, -0.2) is 8.42 Å². The number of nitrogens with one attached hydrogen (secondary N) is 1. The van der Waals surface area contributed by atoms with Crippen molar-refractivity contribution < 1.29 is 18.1 Å². The molecule has 20 heavy (non-hydrogen) atoms. The number of benzene rings is 1. The molecule has 1 N–H and O–H groups in total. The Bertz CT molecular complexity index is 714. The third kappa shape index (κ3) is 3.14. The Morgan fingerprint density at radius 1 is 1.45 bits per heavy atom. The lowest BCUT2D eigenvalue weighted by molar-refractivity contribution is -0.385. The van der Waals surface area contributed by atoms with E-state index in [1.807, 2.05) is 0 Å². The highest BCUT2D eigenvalue weighted by molar-refractivity contribution is 7.94. The van der Waals surface area contributed by atoms with E-state index >= 15 is 0 Å². The number of nitro groups is 1. The predicted octanol–water partition coefficient (Wildman–Crippen LogP) is 1.29. The van der Waals surface area contributed by atoms with Crippen molar-refractivity contribution in [3.05, 3.63) is 50.4 Å². The van der Waals surface area contributed by atoms with Crippen LogP contribution in [-0.2, 0) is 9.84 Å². The minimum absolute atomic E-state index is 0.176. The summed E-state index contributed by atoms with van der Waals surface area (Å²) in [5, 5.41) is 14.4. The molecule has 1 aliphatic heterocycles. The summed E-state index contributed by atoms with van der Waals surface area (Å²) in [5.41, 5.74) is -0.600. The molecule has 1 aliphatic rings. The van der Waals surface area contributed by atoms with E-state index in [0.717, 1.165) is 11.5 Å². The number of sulfone groups is 1. The van der Waals surface area contributed by atoms with Gasteiger partial charge in [0.05, 0.1) is 16.7 Å². The number of hydrogen-bond acceptors (Lipinski definition) is 5. The van der Waals surface area contributed by atoms with Gasteiger partial charge < -0.3 is 5.32 Å². The maximum absolute atomic E-state index is 12.0. The number of amides is 1. The fraction of sp³-hybridized carbons (Fsp3) is 0.182. The van der Waals surface area contributed by atoms with Crippen molar-refractivity contribution >= 4 is 33.0 Å². The Morgan fingerprint density at radius 2 is 2.15 bits per heavy atom. The Morgan fingerprint density at radius 3 is 2.70 bits per heavy atom. The van der Waals surface area contributed by atoms with E-state index in [2.05, 4.69) is 5.32 Å². The van der Waals surface area contributed by atoms with Gasteiger partial charge in [-0.15, -0.1) is 0 Å². The molecule has 0 bridgehead atoms. The first-order chi connectivity index (χ1) is 9.28. The van der Waals surface area contributed by atoms with Gasteiger partial charge >= 0.3 is 0 Å². The van der Waals surface area contributed by atoms with Gasteiger partial charge in [-0.1, -0.05) is 11.6 Å². The van der Waals surface area contributed by atoms with Crippen LogP contribution in [0.5, 0.6) is 0 Å². The van der Waals surface area contributed by atoms with E-state index in [4.69, 9.17) is 11.6 Å². The number of carbonyl (C=O) groups is 1. The summed E-state index contributed by atoms with van der Waals surface area (Å²) in [5.74, 6) is -1.00. The van der Waals surface area contributed by atoms with Crippen LogP contribution in [0.2, 0.25) is 5.02 Å². The van der Waals surface area contributed by atoms with Crippen molar-refractivity contribution in [3.63, 3.8) is 0 Å². The summed E-state index contributed by atoms with van der Waals surface area (Å²) >= 11 is 5.72. The second-order valence-corrected chi connectivity index (χ2v) is 6.52. The average molecular weight is 317 g/mol. The SMILES string of the molecule is O=C(NC1C=CS(=O)(=O)C1)c1cc(Cl)ccc1[N+](=O)[O-]. The third-order valence-corrected chi connectivity index (χ3v) is 4.28. The standard InChI is InChI=1S/C11H9ClN2O5S/c12-7-1-2-10(14(16)17)9(5-7)11(15)13-8-3-4-20(18,19)6-8/h1-5,8H,6H2,(H,13,15). The molecule has 9 heteroatoms. The van der Waals surface area contributed by atoms with Crippen LogP contribution in [0.15, 0.2) is 29.7 Å². The molecule has 0 radical (unpaired) electrons. The molecule has 0 fully saturated rings. The van der Waals surface area contributed by atoms with Gasteiger partial charge in [0.2, 0.25) is 0 Å². The molecule has 1 amide bonds. The predicted molar refractivity (Wildman–Crippen MR) is 72.3 cm³/mol. The second kappa shape index (κ2) is 5.22. The molecule has 106 valence electrons. The molecule has 1 atom stereocenters. The summed E-state index contributed by atoms with van der Waals surface area (Å²) in [7, 11) is -3.31. The maximum Gasteiger partial charge on any atom is 0.282 e. The largest absolute Gasteiger partial charge is 0.345 e. The highest BCUT2D eigenvalue weighted by atomic mass is 35.5. The van der Waals surface area contributed by atoms with Gasteiger partial charge in [0.15, 0.2) is 9.84 Å². The Balaban J connectivity index is 2.24. The van der Waals surface area contributed by atoms with Crippen molar-refractivity contribution in [2.24, 2.45) is 0 Å². The maximum atomic E-state index is 12.0. The monoisotopic (exact) mass is 316 g/mol. The van der Waals surface area contributed by atoms with Crippen LogP contribution in [0.25, 0.3) is 0 Å². The van der Waals surface area contributed by atoms with Crippen molar-refractivity contribution in [2.45, 2.75) is 6.04 Å². The smallest absolute Gasteiger partial charge is 0.282 e. The molecule has 1 heterocycles. The topological polar surface area (TPSA) is 106 Å². The van der Waals surface area contributed by atoms with E-state index in [1.54, 1.807) is 0 Å². The molecular formula is C11H9ClN2O5S. The van der Waals surface area contributed by atoms with Gasteiger partial charge in [0, 0.05) is 16.5 Å². The molecule has 0 aromatic heterocycles. The number of rotatable bonds is 3. The molecule has 0 saturated carbocycles. The van der Waals surface area contributed by atoms with Gasteiger partial charge in [-0.3, -0.25) is 14.9 Å². The van der Waals surface area contributed by atoms with Crippen LogP contribution < -0.4 is 5.32 Å². The fourth-order valence-corrected chi connectivity index (χ4v) is 3.17. The molecule has 2 rings (SSSR count). The number of halogens is 1. The zero-order valence-corrected chi connectivity index (χ0v) is 11.5. The normalized spacial score (nSPS) is 19.8. The minimum Gasteiger partial charge on any atom is -0.345 e. The second-order valence-electron chi connectivity index (χ2n) is 4.16. The molecule has 1 aromatic carbocycles. The first-order valence-electron chi connectivity index (χ1n) is 5.44. The van der Waals surface area contributed by atoms with E-state index < -0.39 is 32.4 Å². The molecule has 7 nitrogen and oxygen atoms in total. The van der Waals surface area contributed by atoms with Crippen LogP contribution in [-0.4, -0.2) is 31.0 Å². The summed E-state index contributed by atoms with van der Waals surface area (Å²) in [6.45, 7) is 0. The van der Waals surface area contributed by atoms with E-state index in [0.29, 0.717) is 0 Å². The first kappa shape index (κ1) is 14.5. The van der Waals surface area contributed by atoms with E-state index in [-0.39, 0.29) is 16.3 Å². The number of nitro benzene ring substituents is 1. The summed E-state index contributed by atoms with van der Waals surface area (Å²) in [6, 6.07) is 2.89. The van der Waals surface area contributed by atoms with Crippen LogP contribution in [0.4, 0.5) is 5.69 Å². The highest BCUT2D eigenvalue weighted by Gasteiger charge is 2.26. The quantitative estimate of drug-likeness (QED) is 0.668. The molecule has 0 spiro atoms. The number of carbonyl (C=O) groups excluding carboxylic acids is 1. The van der Waals surface area contributed by atoms with Crippen LogP contribution in [0.1, 0.15) is 10.4 Å². The van der Waals surface area contributed by atoms with Crippen molar-refractivity contribution in [1.82, 2.24) is 5.32 Å². The summed E-state index contributed by atoms with van der Waals surface area (Å²) in [4.78, 5) is 22.1. The lowest BCUT2D eigenvalue weighted by Crippen LogP contribution is -2.35. The van der Waals surface area contributed by atoms with Crippen LogP contribution in [0, 0.1) is 10.1 Å². The molecular weight excluding hydrogens is 308 g/mol. The van der Waals surface area contributed by atoms with Crippen molar-refractivity contribution in [2.75, 3.05) is 5.75 Å². The Labute approximate surface area is 119 Å². The van der Waals surface area contributed by atoms with Crippen LogP contribution >= 0.6 is 11.6 Å². The Hall–Kier alpha value is -1.93. The van der Waals surface area contributed by atoms with Crippen LogP contribution in [0.3, 0.4) is 0 Å². The van der Waals surface area contributed by atoms with Gasteiger partial charge in [0.1, 0.15) is 5.56 Å². The molecule has 1 aromatic rings. The van der Waals surface area contributed by atoms with Crippen molar-refractivity contribution in [3.8, 4) is 0 Å². The number of nitrogens with zero attached hydrogens (tertiary/aromatic N) is 1. The van der Waals surface area contributed by atoms with Gasteiger partial charge in [-0.05, 0) is 18.2 Å². The Kier molecular flexibility index (Phi) is 3.78. The third-order valence-electron chi connectivity index (χ3n) is 2.65. The van der Waals surface area contributed by atoms with Crippen molar-refractivity contribution in [1.29, 1.82) is 0 Å². The molecule has 0 aliphatic carbocycles. The van der Waals surface area contributed by atoms with E-state index in [9.17, 15) is 23.3 Å². The lowest BCUT2D eigenvalue weighted by Gasteiger charge is -2.10. The average Bonchev–Trinajstić information content (AvgIpc) is 2.68. The summed E-state index contributed by atoms with van der Waals surface area (Å²) in [6.07, 6.45) is 1.32. The fourth-order valence-electron chi connectivity index (χ4n) is 1.76. The first-order valence-corrected chi connectivity index (χ1v) is 7.53. The zero-order chi connectivity index (χ0) is 14.9. The van der Waals surface area contributed by atoms with Gasteiger partial charge in [0.25, 0.3) is 11.6 Å².